The number of carbonyl (C=O) groups excluding carboxylic acids is 1. The van der Waals surface area contributed by atoms with Gasteiger partial charge in [0, 0.05) is 6.54 Å². The van der Waals surface area contributed by atoms with Crippen LogP contribution in [-0.2, 0) is 4.79 Å². The van der Waals surface area contributed by atoms with Crippen molar-refractivity contribution >= 4 is 5.91 Å². The highest BCUT2D eigenvalue weighted by Crippen LogP contribution is 2.08. The van der Waals surface area contributed by atoms with Gasteiger partial charge in [0.1, 0.15) is 24.7 Å². The van der Waals surface area contributed by atoms with E-state index < -0.39 is 0 Å². The van der Waals surface area contributed by atoms with Crippen LogP contribution < -0.4 is 14.8 Å². The molecule has 1 amide bonds. The van der Waals surface area contributed by atoms with Crippen LogP contribution in [0.2, 0.25) is 0 Å². The van der Waals surface area contributed by atoms with Gasteiger partial charge >= 0.3 is 0 Å². The van der Waals surface area contributed by atoms with Gasteiger partial charge < -0.3 is 14.8 Å². The standard InChI is InChI=1S/C19H24N2O3/c1-21(13-15-24-18-10-6-3-7-11-18)16-19(22)20-12-14-23-17-8-4-2-5-9-17/h2-11H,12-16H2,1H3,(H,20,22). The predicted octanol–water partition coefficient (Wildman–Crippen LogP) is 2.19. The first kappa shape index (κ1) is 17.8. The number of nitrogens with zero attached hydrogens (tertiary/aromatic N) is 1. The summed E-state index contributed by atoms with van der Waals surface area (Å²) in [5, 5.41) is 2.85. The van der Waals surface area contributed by atoms with Gasteiger partial charge in [-0.2, -0.15) is 0 Å². The molecule has 0 heterocycles. The van der Waals surface area contributed by atoms with Gasteiger partial charge in [-0.25, -0.2) is 0 Å². The van der Waals surface area contributed by atoms with Crippen LogP contribution in [0.5, 0.6) is 11.5 Å². The first-order valence-electron chi connectivity index (χ1n) is 8.05. The maximum Gasteiger partial charge on any atom is 0.234 e. The number of nitrogens with one attached hydrogen (secondary N) is 1. The van der Waals surface area contributed by atoms with Gasteiger partial charge in [-0.15, -0.1) is 0 Å². The van der Waals surface area contributed by atoms with Gasteiger partial charge in [0.05, 0.1) is 13.1 Å². The van der Waals surface area contributed by atoms with E-state index in [1.54, 1.807) is 0 Å². The molecule has 5 heteroatoms. The Morgan fingerprint density at radius 2 is 1.46 bits per heavy atom. The molecule has 2 rings (SSSR count). The van der Waals surface area contributed by atoms with E-state index in [9.17, 15) is 4.79 Å². The molecule has 0 aromatic heterocycles. The fraction of sp³-hybridized carbons (Fsp3) is 0.316. The van der Waals surface area contributed by atoms with E-state index in [0.29, 0.717) is 32.8 Å². The molecule has 0 aliphatic carbocycles. The third-order valence-electron chi connectivity index (χ3n) is 3.33. The number of likely N-dealkylation sites (N-methyl/N-ethyl adjacent to an activating group) is 1. The average molecular weight is 328 g/mol. The second-order valence-corrected chi connectivity index (χ2v) is 5.41. The molecular weight excluding hydrogens is 304 g/mol. The number of ether oxygens (including phenoxy) is 2. The molecule has 0 bridgehead atoms. The van der Waals surface area contributed by atoms with Gasteiger partial charge in [-0.05, 0) is 31.3 Å². The van der Waals surface area contributed by atoms with E-state index in [1.165, 1.54) is 0 Å². The number of amides is 1. The summed E-state index contributed by atoms with van der Waals surface area (Å²) in [5.74, 6) is 1.63. The van der Waals surface area contributed by atoms with Crippen molar-refractivity contribution in [2.24, 2.45) is 0 Å². The van der Waals surface area contributed by atoms with E-state index in [-0.39, 0.29) is 5.91 Å². The summed E-state index contributed by atoms with van der Waals surface area (Å²) in [4.78, 5) is 13.8. The lowest BCUT2D eigenvalue weighted by Crippen LogP contribution is -2.38. The van der Waals surface area contributed by atoms with E-state index in [2.05, 4.69) is 5.32 Å². The highest BCUT2D eigenvalue weighted by Gasteiger charge is 2.06. The van der Waals surface area contributed by atoms with Crippen LogP contribution in [0.1, 0.15) is 0 Å². The largest absolute Gasteiger partial charge is 0.492 e. The SMILES string of the molecule is CN(CCOc1ccccc1)CC(=O)NCCOc1ccccc1. The molecule has 0 saturated heterocycles. The lowest BCUT2D eigenvalue weighted by Gasteiger charge is -2.16. The van der Waals surface area contributed by atoms with E-state index in [0.717, 1.165) is 11.5 Å². The maximum atomic E-state index is 11.8. The molecule has 0 spiro atoms. The molecule has 0 radical (unpaired) electrons. The van der Waals surface area contributed by atoms with Crippen molar-refractivity contribution in [3.63, 3.8) is 0 Å². The Morgan fingerprint density at radius 3 is 2.04 bits per heavy atom. The van der Waals surface area contributed by atoms with Crippen LogP contribution in [0.3, 0.4) is 0 Å². The first-order valence-corrected chi connectivity index (χ1v) is 8.05. The van der Waals surface area contributed by atoms with Crippen LogP contribution in [-0.4, -0.2) is 50.7 Å². The summed E-state index contributed by atoms with van der Waals surface area (Å²) in [6.07, 6.45) is 0. The third-order valence-corrected chi connectivity index (χ3v) is 3.33. The summed E-state index contributed by atoms with van der Waals surface area (Å²) in [6.45, 7) is 2.51. The Balaban J connectivity index is 1.53. The second-order valence-electron chi connectivity index (χ2n) is 5.41. The lowest BCUT2D eigenvalue weighted by molar-refractivity contribution is -0.122. The maximum absolute atomic E-state index is 11.8. The van der Waals surface area contributed by atoms with Crippen molar-refractivity contribution < 1.29 is 14.3 Å². The van der Waals surface area contributed by atoms with E-state index >= 15 is 0 Å². The minimum Gasteiger partial charge on any atom is -0.492 e. The summed E-state index contributed by atoms with van der Waals surface area (Å²) >= 11 is 0. The van der Waals surface area contributed by atoms with E-state index in [1.807, 2.05) is 72.6 Å². The zero-order chi connectivity index (χ0) is 17.0. The highest BCUT2D eigenvalue weighted by molar-refractivity contribution is 5.77. The Hall–Kier alpha value is -2.53. The van der Waals surface area contributed by atoms with Crippen molar-refractivity contribution in [1.82, 2.24) is 10.2 Å². The van der Waals surface area contributed by atoms with Crippen molar-refractivity contribution in [3.05, 3.63) is 60.7 Å². The Morgan fingerprint density at radius 1 is 0.917 bits per heavy atom. The number of benzene rings is 2. The monoisotopic (exact) mass is 328 g/mol. The zero-order valence-electron chi connectivity index (χ0n) is 14.0. The molecule has 0 aliphatic rings. The number of hydrogen-bond acceptors (Lipinski definition) is 4. The van der Waals surface area contributed by atoms with Crippen LogP contribution in [0.15, 0.2) is 60.7 Å². The minimum absolute atomic E-state index is 0.0196. The lowest BCUT2D eigenvalue weighted by atomic mass is 10.3. The fourth-order valence-corrected chi connectivity index (χ4v) is 2.09. The molecular formula is C19H24N2O3. The van der Waals surface area contributed by atoms with Gasteiger partial charge in [0.25, 0.3) is 0 Å². The Bertz CT molecular complexity index is 590. The number of hydrogen-bond donors (Lipinski definition) is 1. The molecule has 24 heavy (non-hydrogen) atoms. The number of carbonyl (C=O) groups is 1. The van der Waals surface area contributed by atoms with Crippen LogP contribution in [0.25, 0.3) is 0 Å². The van der Waals surface area contributed by atoms with Crippen molar-refractivity contribution in [3.8, 4) is 11.5 Å². The smallest absolute Gasteiger partial charge is 0.234 e. The average Bonchev–Trinajstić information content (AvgIpc) is 2.60. The normalized spacial score (nSPS) is 10.4. The van der Waals surface area contributed by atoms with Crippen LogP contribution >= 0.6 is 0 Å². The number of rotatable bonds is 10. The summed E-state index contributed by atoms with van der Waals surface area (Å²) in [6, 6.07) is 19.2. The number of para-hydroxylation sites is 2. The molecule has 0 atom stereocenters. The zero-order valence-corrected chi connectivity index (χ0v) is 14.0. The molecule has 2 aromatic carbocycles. The summed E-state index contributed by atoms with van der Waals surface area (Å²) < 4.78 is 11.1. The van der Waals surface area contributed by atoms with Crippen molar-refractivity contribution in [2.45, 2.75) is 0 Å². The minimum atomic E-state index is -0.0196. The summed E-state index contributed by atoms with van der Waals surface area (Å²) in [5.41, 5.74) is 0. The second kappa shape index (κ2) is 10.3. The molecule has 0 aliphatic heterocycles. The predicted molar refractivity (Wildman–Crippen MR) is 94.4 cm³/mol. The quantitative estimate of drug-likeness (QED) is 0.679. The summed E-state index contributed by atoms with van der Waals surface area (Å²) in [7, 11) is 1.90. The fourth-order valence-electron chi connectivity index (χ4n) is 2.09. The van der Waals surface area contributed by atoms with Gasteiger partial charge in [0.15, 0.2) is 0 Å². The molecule has 0 unspecified atom stereocenters. The molecule has 1 N–H and O–H groups in total. The first-order chi connectivity index (χ1) is 11.7. The molecule has 0 fully saturated rings. The van der Waals surface area contributed by atoms with Crippen LogP contribution in [0, 0.1) is 0 Å². The van der Waals surface area contributed by atoms with Gasteiger partial charge in [-0.1, -0.05) is 36.4 Å². The molecule has 128 valence electrons. The van der Waals surface area contributed by atoms with E-state index in [4.69, 9.17) is 9.47 Å². The van der Waals surface area contributed by atoms with Gasteiger partial charge in [-0.3, -0.25) is 9.69 Å². The third kappa shape index (κ3) is 7.15. The molecule has 5 nitrogen and oxygen atoms in total. The van der Waals surface area contributed by atoms with Gasteiger partial charge in [0.2, 0.25) is 5.91 Å². The van der Waals surface area contributed by atoms with Crippen molar-refractivity contribution in [1.29, 1.82) is 0 Å². The molecule has 0 saturated carbocycles. The topological polar surface area (TPSA) is 50.8 Å². The van der Waals surface area contributed by atoms with Crippen LogP contribution in [0.4, 0.5) is 0 Å². The molecule has 2 aromatic rings. The highest BCUT2D eigenvalue weighted by atomic mass is 16.5. The Labute approximate surface area is 143 Å². The Kier molecular flexibility index (Phi) is 7.63. The van der Waals surface area contributed by atoms with Crippen molar-refractivity contribution in [2.75, 3.05) is 39.9 Å².